The Kier molecular flexibility index (Phi) is 5.97. The monoisotopic (exact) mass is 468 g/mol. The van der Waals surface area contributed by atoms with Crippen molar-refractivity contribution < 1.29 is 19.2 Å². The zero-order chi connectivity index (χ0) is 24.7. The fourth-order valence-corrected chi connectivity index (χ4v) is 5.20. The Morgan fingerprint density at radius 1 is 0.629 bits per heavy atom. The van der Waals surface area contributed by atoms with Gasteiger partial charge in [0.25, 0.3) is 23.6 Å². The van der Waals surface area contributed by atoms with Gasteiger partial charge in [-0.05, 0) is 42.2 Å². The fourth-order valence-electron chi connectivity index (χ4n) is 5.20. The second-order valence-corrected chi connectivity index (χ2v) is 9.43. The summed E-state index contributed by atoms with van der Waals surface area (Å²) in [6.07, 6.45) is 3.83. The largest absolute Gasteiger partial charge is 0.274 e. The molecule has 3 aromatic carbocycles. The molecule has 6 nitrogen and oxygen atoms in total. The van der Waals surface area contributed by atoms with Gasteiger partial charge < -0.3 is 0 Å². The fraction of sp³-hybridized carbons (Fsp3) is 0.310. The van der Waals surface area contributed by atoms with Crippen LogP contribution in [0.25, 0.3) is 10.8 Å². The number of amides is 4. The van der Waals surface area contributed by atoms with Gasteiger partial charge in [0.05, 0.1) is 0 Å². The highest BCUT2D eigenvalue weighted by Gasteiger charge is 2.39. The number of unbranched alkanes of at least 4 members (excludes halogenated alkanes) is 3. The number of carbonyl (C=O) groups excluding carboxylic acids is 4. The summed E-state index contributed by atoms with van der Waals surface area (Å²) in [7, 11) is 0. The highest BCUT2D eigenvalue weighted by Crippen LogP contribution is 2.38. The maximum absolute atomic E-state index is 13.5. The molecule has 2 aliphatic rings. The van der Waals surface area contributed by atoms with E-state index >= 15 is 0 Å². The minimum absolute atomic E-state index is 0.0389. The molecule has 0 fully saturated rings. The Hall–Kier alpha value is -3.80. The van der Waals surface area contributed by atoms with Crippen molar-refractivity contribution in [2.24, 2.45) is 0 Å². The van der Waals surface area contributed by atoms with Crippen LogP contribution in [0.4, 0.5) is 0 Å². The zero-order valence-electron chi connectivity index (χ0n) is 20.0. The van der Waals surface area contributed by atoms with Gasteiger partial charge in [-0.1, -0.05) is 63.4 Å². The van der Waals surface area contributed by atoms with Gasteiger partial charge in [0.1, 0.15) is 0 Å². The third-order valence-corrected chi connectivity index (χ3v) is 7.12. The lowest BCUT2D eigenvalue weighted by Gasteiger charge is -2.32. The summed E-state index contributed by atoms with van der Waals surface area (Å²) in [6.45, 7) is 4.71. The number of rotatable bonds is 8. The van der Waals surface area contributed by atoms with Gasteiger partial charge in [0.15, 0.2) is 0 Å². The molecule has 5 rings (SSSR count). The van der Waals surface area contributed by atoms with Crippen LogP contribution in [0.15, 0.2) is 54.6 Å². The minimum Gasteiger partial charge on any atom is -0.274 e. The molecule has 0 saturated carbocycles. The van der Waals surface area contributed by atoms with Gasteiger partial charge in [0, 0.05) is 46.1 Å². The van der Waals surface area contributed by atoms with Gasteiger partial charge in [-0.3, -0.25) is 29.0 Å². The Morgan fingerprint density at radius 2 is 1.11 bits per heavy atom. The molecule has 0 spiro atoms. The molecule has 6 heteroatoms. The summed E-state index contributed by atoms with van der Waals surface area (Å²) < 4.78 is 0. The topological polar surface area (TPSA) is 74.8 Å². The normalized spacial score (nSPS) is 15.8. The first-order valence-corrected chi connectivity index (χ1v) is 12.3. The predicted octanol–water partition coefficient (Wildman–Crippen LogP) is 5.42. The third-order valence-electron chi connectivity index (χ3n) is 7.12. The maximum Gasteiger partial charge on any atom is 0.261 e. The minimum atomic E-state index is -0.393. The Bertz CT molecular complexity index is 1290. The molecule has 0 aliphatic carbocycles. The van der Waals surface area contributed by atoms with Gasteiger partial charge in [-0.15, -0.1) is 0 Å². The van der Waals surface area contributed by atoms with E-state index in [-0.39, 0.29) is 24.3 Å². The van der Waals surface area contributed by atoms with Crippen LogP contribution in [-0.2, 0) is 0 Å². The van der Waals surface area contributed by atoms with E-state index in [0.29, 0.717) is 39.6 Å². The molecular formula is C29H28N2O4. The number of hydrogen-bond donors (Lipinski definition) is 0. The van der Waals surface area contributed by atoms with Crippen molar-refractivity contribution in [1.82, 2.24) is 9.80 Å². The first kappa shape index (κ1) is 23.0. The smallest absolute Gasteiger partial charge is 0.261 e. The molecule has 0 radical (unpaired) electrons. The molecule has 178 valence electrons. The average molecular weight is 469 g/mol. The first-order valence-electron chi connectivity index (χ1n) is 12.3. The highest BCUT2D eigenvalue weighted by atomic mass is 16.2. The molecule has 0 aromatic heterocycles. The van der Waals surface area contributed by atoms with Crippen LogP contribution in [0.2, 0.25) is 0 Å². The van der Waals surface area contributed by atoms with E-state index in [4.69, 9.17) is 0 Å². The van der Waals surface area contributed by atoms with Crippen LogP contribution in [0.1, 0.15) is 92.4 Å². The maximum atomic E-state index is 13.5. The van der Waals surface area contributed by atoms with E-state index in [1.54, 1.807) is 24.3 Å². The van der Waals surface area contributed by atoms with Crippen molar-refractivity contribution in [2.45, 2.75) is 45.4 Å². The summed E-state index contributed by atoms with van der Waals surface area (Å²) >= 11 is 0. The van der Waals surface area contributed by atoms with E-state index in [1.165, 1.54) is 9.80 Å². The van der Waals surface area contributed by atoms with E-state index in [9.17, 15) is 19.2 Å². The van der Waals surface area contributed by atoms with E-state index in [1.807, 2.05) is 37.3 Å². The van der Waals surface area contributed by atoms with E-state index in [0.717, 1.165) is 31.2 Å². The van der Waals surface area contributed by atoms with Crippen molar-refractivity contribution in [3.05, 3.63) is 82.4 Å². The molecule has 2 aliphatic heterocycles. The van der Waals surface area contributed by atoms with Gasteiger partial charge in [-0.2, -0.15) is 0 Å². The van der Waals surface area contributed by atoms with Gasteiger partial charge in [-0.25, -0.2) is 0 Å². The highest BCUT2D eigenvalue weighted by molar-refractivity contribution is 6.33. The molecule has 3 aromatic rings. The SMILES string of the molecule is CCCCCCN1C(=O)c2ccc3c4c(ccc(c24)C1=O)C(=O)N(C[C@H](C)c1ccccc1)C3=O. The number of imide groups is 2. The van der Waals surface area contributed by atoms with Crippen LogP contribution in [-0.4, -0.2) is 46.5 Å². The Balaban J connectivity index is 1.52. The number of carbonyl (C=O) groups is 4. The van der Waals surface area contributed by atoms with Crippen LogP contribution < -0.4 is 0 Å². The molecular weight excluding hydrogens is 440 g/mol. The molecule has 4 amide bonds. The van der Waals surface area contributed by atoms with E-state index in [2.05, 4.69) is 6.92 Å². The number of hydrogen-bond acceptors (Lipinski definition) is 4. The summed E-state index contributed by atoms with van der Waals surface area (Å²) in [5, 5.41) is 0.850. The van der Waals surface area contributed by atoms with Gasteiger partial charge >= 0.3 is 0 Å². The van der Waals surface area contributed by atoms with Crippen molar-refractivity contribution in [3.63, 3.8) is 0 Å². The van der Waals surface area contributed by atoms with Gasteiger partial charge in [0.2, 0.25) is 0 Å². The molecule has 0 N–H and O–H groups in total. The second kappa shape index (κ2) is 9.10. The van der Waals surface area contributed by atoms with Crippen molar-refractivity contribution in [2.75, 3.05) is 13.1 Å². The molecule has 1 atom stereocenters. The summed E-state index contributed by atoms with van der Waals surface area (Å²) in [5.41, 5.74) is 2.51. The lowest BCUT2D eigenvalue weighted by atomic mass is 9.85. The van der Waals surface area contributed by atoms with Crippen molar-refractivity contribution in [3.8, 4) is 0 Å². The van der Waals surface area contributed by atoms with Crippen molar-refractivity contribution in [1.29, 1.82) is 0 Å². The van der Waals surface area contributed by atoms with Crippen molar-refractivity contribution >= 4 is 34.4 Å². The Morgan fingerprint density at radius 3 is 1.60 bits per heavy atom. The van der Waals surface area contributed by atoms with E-state index < -0.39 is 11.8 Å². The lowest BCUT2D eigenvalue weighted by Crippen LogP contribution is -2.44. The number of benzene rings is 3. The van der Waals surface area contributed by atoms with Crippen LogP contribution in [0.3, 0.4) is 0 Å². The summed E-state index contributed by atoms with van der Waals surface area (Å²) in [4.78, 5) is 56.0. The van der Waals surface area contributed by atoms with Crippen LogP contribution in [0.5, 0.6) is 0 Å². The quantitative estimate of drug-likeness (QED) is 0.327. The molecule has 0 saturated heterocycles. The number of nitrogens with zero attached hydrogens (tertiary/aromatic N) is 2. The lowest BCUT2D eigenvalue weighted by molar-refractivity contribution is 0.0583. The van der Waals surface area contributed by atoms with Crippen LogP contribution in [0, 0.1) is 0 Å². The third kappa shape index (κ3) is 3.73. The predicted molar refractivity (Wildman–Crippen MR) is 134 cm³/mol. The van der Waals surface area contributed by atoms with Crippen LogP contribution >= 0.6 is 0 Å². The average Bonchev–Trinajstić information content (AvgIpc) is 2.88. The molecule has 0 bridgehead atoms. The standard InChI is InChI=1S/C29H28N2O4/c1-3-4-5-9-16-30-26(32)20-12-14-22-25-23(15-13-21(24(20)25)27(30)33)29(35)31(28(22)34)17-18(2)19-10-7-6-8-11-19/h6-8,10-15,18H,3-5,9,16-17H2,1-2H3/t18-/m0/s1. The summed E-state index contributed by atoms with van der Waals surface area (Å²) in [6, 6.07) is 16.3. The second-order valence-electron chi connectivity index (χ2n) is 9.43. The molecule has 2 heterocycles. The molecule has 0 unspecified atom stereocenters. The Labute approximate surface area is 204 Å². The molecule has 35 heavy (non-hydrogen) atoms. The zero-order valence-corrected chi connectivity index (χ0v) is 20.0. The summed E-state index contributed by atoms with van der Waals surface area (Å²) in [5.74, 6) is -1.54. The first-order chi connectivity index (χ1) is 16.9.